The predicted octanol–water partition coefficient (Wildman–Crippen LogP) is 0.742. The Labute approximate surface area is 112 Å². The Bertz CT molecular complexity index is 411. The molecule has 6 heteroatoms. The molecule has 106 valence electrons. The summed E-state index contributed by atoms with van der Waals surface area (Å²) in [7, 11) is 1.75. The van der Waals surface area contributed by atoms with E-state index in [1.54, 1.807) is 13.2 Å². The Balaban J connectivity index is 1.82. The average molecular weight is 267 g/mol. The maximum atomic E-state index is 11.3. The van der Waals surface area contributed by atoms with Crippen LogP contribution in [0.5, 0.6) is 0 Å². The summed E-state index contributed by atoms with van der Waals surface area (Å²) >= 11 is 0. The molecule has 1 aliphatic rings. The Hall–Kier alpha value is -1.37. The van der Waals surface area contributed by atoms with Crippen molar-refractivity contribution in [2.45, 2.75) is 19.4 Å². The summed E-state index contributed by atoms with van der Waals surface area (Å²) in [4.78, 5) is 13.6. The maximum absolute atomic E-state index is 11.3. The van der Waals surface area contributed by atoms with Crippen molar-refractivity contribution >= 4 is 5.91 Å². The number of piperidine rings is 1. The molecular weight excluding hydrogens is 246 g/mol. The number of likely N-dealkylation sites (tertiary alicyclic amines) is 1. The number of nitrogens with two attached hydrogens (primary N) is 1. The van der Waals surface area contributed by atoms with E-state index in [2.05, 4.69) is 10.3 Å². The zero-order chi connectivity index (χ0) is 13.7. The van der Waals surface area contributed by atoms with Gasteiger partial charge < -0.3 is 9.15 Å². The molecule has 2 rings (SSSR count). The Morgan fingerprint density at radius 1 is 1.53 bits per heavy atom. The van der Waals surface area contributed by atoms with Gasteiger partial charge in [0.25, 0.3) is 0 Å². The molecule has 1 saturated heterocycles. The van der Waals surface area contributed by atoms with E-state index >= 15 is 0 Å². The van der Waals surface area contributed by atoms with Crippen LogP contribution in [0.4, 0.5) is 0 Å². The minimum atomic E-state index is -0.398. The summed E-state index contributed by atoms with van der Waals surface area (Å²) in [5.41, 5.74) is 2.06. The van der Waals surface area contributed by atoms with Gasteiger partial charge in [0, 0.05) is 13.7 Å². The molecule has 1 fully saturated rings. The molecule has 1 amide bonds. The second kappa shape index (κ2) is 6.70. The number of hydrogen-bond donors (Lipinski definition) is 2. The topological polar surface area (TPSA) is 80.7 Å². The highest BCUT2D eigenvalue weighted by Crippen LogP contribution is 2.19. The number of hydrogen-bond acceptors (Lipinski definition) is 5. The maximum Gasteiger partial charge on any atom is 0.300 e. The lowest BCUT2D eigenvalue weighted by Crippen LogP contribution is -2.34. The largest absolute Gasteiger partial charge is 0.455 e. The number of amides is 1. The normalized spacial score (nSPS) is 17.6. The highest BCUT2D eigenvalue weighted by molar-refractivity contribution is 5.90. The van der Waals surface area contributed by atoms with Crippen molar-refractivity contribution in [2.24, 2.45) is 11.8 Å². The van der Waals surface area contributed by atoms with Crippen LogP contribution >= 0.6 is 0 Å². The number of rotatable bonds is 5. The smallest absolute Gasteiger partial charge is 0.300 e. The number of hydrazine groups is 1. The van der Waals surface area contributed by atoms with Crippen LogP contribution in [0.2, 0.25) is 0 Å². The third-order valence-corrected chi connectivity index (χ3v) is 3.51. The molecule has 0 saturated carbocycles. The standard InChI is InChI=1S/C13H21N3O3/c1-18-9-10-4-6-16(7-5-10)8-11-2-3-12(19-11)13(17)15-14/h2-3,10H,4-9,14H2,1H3,(H,15,17). The van der Waals surface area contributed by atoms with Crippen LogP contribution < -0.4 is 11.3 Å². The van der Waals surface area contributed by atoms with Crippen LogP contribution in [-0.4, -0.2) is 37.6 Å². The van der Waals surface area contributed by atoms with Crippen molar-refractivity contribution in [2.75, 3.05) is 26.8 Å². The monoisotopic (exact) mass is 267 g/mol. The van der Waals surface area contributed by atoms with Gasteiger partial charge in [-0.2, -0.15) is 0 Å². The van der Waals surface area contributed by atoms with E-state index in [4.69, 9.17) is 15.0 Å². The Morgan fingerprint density at radius 2 is 2.26 bits per heavy atom. The van der Waals surface area contributed by atoms with Crippen LogP contribution in [0.1, 0.15) is 29.2 Å². The van der Waals surface area contributed by atoms with Crippen molar-refractivity contribution in [3.8, 4) is 0 Å². The van der Waals surface area contributed by atoms with Crippen LogP contribution in [0.25, 0.3) is 0 Å². The number of nitrogen functional groups attached to an aromatic ring is 1. The van der Waals surface area contributed by atoms with Gasteiger partial charge in [0.05, 0.1) is 6.54 Å². The second-order valence-corrected chi connectivity index (χ2v) is 4.91. The van der Waals surface area contributed by atoms with Gasteiger partial charge in [-0.15, -0.1) is 0 Å². The molecule has 6 nitrogen and oxygen atoms in total. The minimum absolute atomic E-state index is 0.256. The highest BCUT2D eigenvalue weighted by atomic mass is 16.5. The molecule has 19 heavy (non-hydrogen) atoms. The molecular formula is C13H21N3O3. The quantitative estimate of drug-likeness (QED) is 0.467. The first-order valence-electron chi connectivity index (χ1n) is 6.54. The first-order chi connectivity index (χ1) is 9.22. The molecule has 1 aromatic rings. The first kappa shape index (κ1) is 14.0. The fourth-order valence-corrected chi connectivity index (χ4v) is 2.42. The minimum Gasteiger partial charge on any atom is -0.455 e. The summed E-state index contributed by atoms with van der Waals surface area (Å²) in [6.45, 7) is 3.65. The van der Waals surface area contributed by atoms with Gasteiger partial charge in [0.1, 0.15) is 5.76 Å². The molecule has 0 atom stereocenters. The van der Waals surface area contributed by atoms with E-state index in [0.717, 1.165) is 44.8 Å². The summed E-state index contributed by atoms with van der Waals surface area (Å²) in [5.74, 6) is 6.38. The molecule has 0 radical (unpaired) electrons. The lowest BCUT2D eigenvalue weighted by Gasteiger charge is -2.30. The average Bonchev–Trinajstić information content (AvgIpc) is 2.89. The fourth-order valence-electron chi connectivity index (χ4n) is 2.42. The zero-order valence-corrected chi connectivity index (χ0v) is 11.2. The van der Waals surface area contributed by atoms with Crippen LogP contribution in [0.15, 0.2) is 16.5 Å². The van der Waals surface area contributed by atoms with E-state index in [9.17, 15) is 4.79 Å². The number of carbonyl (C=O) groups excluding carboxylic acids is 1. The SMILES string of the molecule is COCC1CCN(Cc2ccc(C(=O)NN)o2)CC1. The van der Waals surface area contributed by atoms with Crippen LogP contribution in [0, 0.1) is 5.92 Å². The predicted molar refractivity (Wildman–Crippen MR) is 70.2 cm³/mol. The molecule has 0 bridgehead atoms. The van der Waals surface area contributed by atoms with Crippen LogP contribution in [-0.2, 0) is 11.3 Å². The first-order valence-corrected chi connectivity index (χ1v) is 6.54. The summed E-state index contributed by atoms with van der Waals surface area (Å²) < 4.78 is 10.6. The van der Waals surface area contributed by atoms with E-state index in [0.29, 0.717) is 5.92 Å². The number of methoxy groups -OCH3 is 1. The fraction of sp³-hybridized carbons (Fsp3) is 0.615. The second-order valence-electron chi connectivity index (χ2n) is 4.91. The van der Waals surface area contributed by atoms with E-state index in [1.165, 1.54) is 0 Å². The van der Waals surface area contributed by atoms with Gasteiger partial charge >= 0.3 is 5.91 Å². The Kier molecular flexibility index (Phi) is 4.95. The van der Waals surface area contributed by atoms with Gasteiger partial charge in [-0.05, 0) is 44.0 Å². The Morgan fingerprint density at radius 3 is 2.89 bits per heavy atom. The van der Waals surface area contributed by atoms with Crippen molar-refractivity contribution in [3.05, 3.63) is 23.7 Å². The van der Waals surface area contributed by atoms with Gasteiger partial charge in [0.15, 0.2) is 5.76 Å². The molecule has 1 aromatic heterocycles. The summed E-state index contributed by atoms with van der Waals surface area (Å²) in [5, 5.41) is 0. The van der Waals surface area contributed by atoms with Gasteiger partial charge in [-0.1, -0.05) is 0 Å². The number of nitrogens with one attached hydrogen (secondary N) is 1. The van der Waals surface area contributed by atoms with Crippen molar-refractivity contribution in [3.63, 3.8) is 0 Å². The molecule has 0 aromatic carbocycles. The van der Waals surface area contributed by atoms with E-state index < -0.39 is 5.91 Å². The molecule has 1 aliphatic heterocycles. The number of ether oxygens (including phenoxy) is 1. The molecule has 2 heterocycles. The van der Waals surface area contributed by atoms with E-state index in [-0.39, 0.29) is 5.76 Å². The van der Waals surface area contributed by atoms with Gasteiger partial charge in [0.2, 0.25) is 0 Å². The zero-order valence-electron chi connectivity index (χ0n) is 11.2. The number of furan rings is 1. The summed E-state index contributed by atoms with van der Waals surface area (Å²) in [6, 6.07) is 3.47. The van der Waals surface area contributed by atoms with Crippen molar-refractivity contribution in [1.82, 2.24) is 10.3 Å². The third kappa shape index (κ3) is 3.79. The summed E-state index contributed by atoms with van der Waals surface area (Å²) in [6.07, 6.45) is 2.29. The molecule has 0 spiro atoms. The molecule has 3 N–H and O–H groups in total. The van der Waals surface area contributed by atoms with Crippen molar-refractivity contribution < 1.29 is 13.9 Å². The lowest BCUT2D eigenvalue weighted by molar-refractivity contribution is 0.0895. The van der Waals surface area contributed by atoms with Gasteiger partial charge in [-0.3, -0.25) is 15.1 Å². The van der Waals surface area contributed by atoms with Crippen LogP contribution in [0.3, 0.4) is 0 Å². The number of carbonyl (C=O) groups is 1. The third-order valence-electron chi connectivity index (χ3n) is 3.51. The van der Waals surface area contributed by atoms with Crippen molar-refractivity contribution in [1.29, 1.82) is 0 Å². The molecule has 0 aliphatic carbocycles. The van der Waals surface area contributed by atoms with E-state index in [1.807, 2.05) is 6.07 Å². The lowest BCUT2D eigenvalue weighted by atomic mass is 9.98. The van der Waals surface area contributed by atoms with Gasteiger partial charge in [-0.25, -0.2) is 5.84 Å². The number of nitrogens with zero attached hydrogens (tertiary/aromatic N) is 1. The molecule has 0 unspecified atom stereocenters. The highest BCUT2D eigenvalue weighted by Gasteiger charge is 2.20.